The second-order valence-electron chi connectivity index (χ2n) is 3.68. The molecule has 1 N–H and O–H groups in total. The van der Waals surface area contributed by atoms with E-state index in [4.69, 9.17) is 0 Å². The molecule has 0 aliphatic heterocycles. The van der Waals surface area contributed by atoms with Gasteiger partial charge in [0.25, 0.3) is 0 Å². The fourth-order valence-electron chi connectivity index (χ4n) is 1.56. The predicted octanol–water partition coefficient (Wildman–Crippen LogP) is 3.91. The van der Waals surface area contributed by atoms with Gasteiger partial charge in [0.2, 0.25) is 0 Å². The molecule has 3 nitrogen and oxygen atoms in total. The Hall–Kier alpha value is -0.810. The normalized spacial score (nSPS) is 10.5. The fourth-order valence-corrected chi connectivity index (χ4v) is 2.84. The molecule has 0 unspecified atom stereocenters. The number of nitrogens with one attached hydrogen (secondary N) is 1. The summed E-state index contributed by atoms with van der Waals surface area (Å²) in [4.78, 5) is 4.01. The summed E-state index contributed by atoms with van der Waals surface area (Å²) in [5, 5.41) is 3.42. The zero-order valence-corrected chi connectivity index (χ0v) is 12.4. The molecule has 0 atom stereocenters. The monoisotopic (exact) mass is 357 g/mol. The van der Waals surface area contributed by atoms with Crippen molar-refractivity contribution in [3.63, 3.8) is 0 Å². The molecule has 0 radical (unpaired) electrons. The highest BCUT2D eigenvalue weighted by molar-refractivity contribution is 9.11. The molecule has 0 aliphatic carbocycles. The van der Waals surface area contributed by atoms with Crippen LogP contribution in [-0.4, -0.2) is 16.1 Å². The van der Waals surface area contributed by atoms with Gasteiger partial charge in [-0.1, -0.05) is 6.07 Å². The van der Waals surface area contributed by atoms with Crippen LogP contribution in [-0.2, 0) is 6.54 Å². The molecular weight excluding hydrogens is 346 g/mol. The third kappa shape index (κ3) is 3.57. The molecule has 0 aliphatic rings. The number of anilines is 1. The van der Waals surface area contributed by atoms with Crippen molar-refractivity contribution in [2.24, 2.45) is 0 Å². The summed E-state index contributed by atoms with van der Waals surface area (Å²) >= 11 is 7.06. The van der Waals surface area contributed by atoms with Crippen LogP contribution in [0.5, 0.6) is 0 Å². The number of hydrogen-bond donors (Lipinski definition) is 1. The lowest BCUT2D eigenvalue weighted by Gasteiger charge is -2.10. The smallest absolute Gasteiger partial charge is 0.0945 e. The summed E-state index contributed by atoms with van der Waals surface area (Å²) in [6.07, 6.45) is 6.69. The van der Waals surface area contributed by atoms with E-state index in [-0.39, 0.29) is 0 Å². The topological polar surface area (TPSA) is 29.9 Å². The maximum atomic E-state index is 4.01. The van der Waals surface area contributed by atoms with Crippen molar-refractivity contribution < 1.29 is 0 Å². The molecule has 0 bridgehead atoms. The lowest BCUT2D eigenvalue weighted by Crippen LogP contribution is -2.06. The number of aromatic nitrogens is 2. The van der Waals surface area contributed by atoms with Gasteiger partial charge in [-0.2, -0.15) is 0 Å². The summed E-state index contributed by atoms with van der Waals surface area (Å²) in [7, 11) is 0. The molecule has 5 heteroatoms. The Bertz CT molecular complexity index is 448. The van der Waals surface area contributed by atoms with E-state index in [0.29, 0.717) is 0 Å². The van der Waals surface area contributed by atoms with E-state index in [9.17, 15) is 0 Å². The van der Waals surface area contributed by atoms with Gasteiger partial charge in [0, 0.05) is 34.4 Å². The standard InChI is InChI=1S/C12H13Br2N3/c13-10-3-1-4-11(14)12(10)16-5-2-7-17-8-6-15-9-17/h1,3-4,6,8-9,16H,2,5,7H2. The Morgan fingerprint density at radius 3 is 2.65 bits per heavy atom. The van der Waals surface area contributed by atoms with Gasteiger partial charge in [-0.3, -0.25) is 0 Å². The highest BCUT2D eigenvalue weighted by Crippen LogP contribution is 2.30. The van der Waals surface area contributed by atoms with Crippen molar-refractivity contribution in [3.8, 4) is 0 Å². The minimum Gasteiger partial charge on any atom is -0.383 e. The van der Waals surface area contributed by atoms with E-state index in [2.05, 4.69) is 46.7 Å². The van der Waals surface area contributed by atoms with E-state index in [1.54, 1.807) is 6.20 Å². The Balaban J connectivity index is 1.82. The number of benzene rings is 1. The average Bonchev–Trinajstić information content (AvgIpc) is 2.80. The predicted molar refractivity (Wildman–Crippen MR) is 77.2 cm³/mol. The van der Waals surface area contributed by atoms with Gasteiger partial charge < -0.3 is 9.88 Å². The van der Waals surface area contributed by atoms with Crippen molar-refractivity contribution in [1.82, 2.24) is 9.55 Å². The molecule has 0 saturated heterocycles. The zero-order chi connectivity index (χ0) is 12.1. The second-order valence-corrected chi connectivity index (χ2v) is 5.39. The van der Waals surface area contributed by atoms with Crippen LogP contribution in [0, 0.1) is 0 Å². The van der Waals surface area contributed by atoms with Crippen molar-refractivity contribution in [2.75, 3.05) is 11.9 Å². The van der Waals surface area contributed by atoms with Crippen molar-refractivity contribution in [2.45, 2.75) is 13.0 Å². The number of aryl methyl sites for hydroxylation is 1. The highest BCUT2D eigenvalue weighted by atomic mass is 79.9. The van der Waals surface area contributed by atoms with Crippen LogP contribution in [0.2, 0.25) is 0 Å². The first-order chi connectivity index (χ1) is 8.27. The maximum absolute atomic E-state index is 4.01. The van der Waals surface area contributed by atoms with E-state index in [0.717, 1.165) is 34.1 Å². The summed E-state index contributed by atoms with van der Waals surface area (Å²) in [5.41, 5.74) is 1.11. The third-order valence-corrected chi connectivity index (χ3v) is 3.74. The van der Waals surface area contributed by atoms with Crippen LogP contribution in [0.4, 0.5) is 5.69 Å². The lowest BCUT2D eigenvalue weighted by molar-refractivity contribution is 0.660. The van der Waals surface area contributed by atoms with Crippen LogP contribution in [0.15, 0.2) is 45.9 Å². The molecule has 2 rings (SSSR count). The molecule has 17 heavy (non-hydrogen) atoms. The number of nitrogens with zero attached hydrogens (tertiary/aromatic N) is 2. The number of halogens is 2. The van der Waals surface area contributed by atoms with E-state index in [1.807, 2.05) is 30.7 Å². The van der Waals surface area contributed by atoms with Gasteiger partial charge in [-0.05, 0) is 50.4 Å². The molecule has 0 amide bonds. The largest absolute Gasteiger partial charge is 0.383 e. The Labute approximate surface area is 118 Å². The van der Waals surface area contributed by atoms with Gasteiger partial charge in [0.1, 0.15) is 0 Å². The molecule has 2 aromatic rings. The third-order valence-electron chi connectivity index (χ3n) is 2.42. The fraction of sp³-hybridized carbons (Fsp3) is 0.250. The molecular formula is C12H13Br2N3. The maximum Gasteiger partial charge on any atom is 0.0945 e. The Kier molecular flexibility index (Phi) is 4.62. The first kappa shape index (κ1) is 12.6. The quantitative estimate of drug-likeness (QED) is 0.821. The van der Waals surface area contributed by atoms with Gasteiger partial charge >= 0.3 is 0 Å². The number of imidazole rings is 1. The van der Waals surface area contributed by atoms with Crippen LogP contribution in [0.1, 0.15) is 6.42 Å². The van der Waals surface area contributed by atoms with Gasteiger partial charge in [-0.15, -0.1) is 0 Å². The summed E-state index contributed by atoms with van der Waals surface area (Å²) in [5.74, 6) is 0. The Morgan fingerprint density at radius 2 is 2.00 bits per heavy atom. The van der Waals surface area contributed by atoms with Crippen LogP contribution < -0.4 is 5.32 Å². The molecule has 1 heterocycles. The number of hydrogen-bond acceptors (Lipinski definition) is 2. The first-order valence-corrected chi connectivity index (χ1v) is 6.99. The SMILES string of the molecule is Brc1cccc(Br)c1NCCCn1ccnc1. The van der Waals surface area contributed by atoms with Crippen molar-refractivity contribution in [1.29, 1.82) is 0 Å². The molecule has 0 spiro atoms. The molecule has 0 saturated carbocycles. The number of para-hydroxylation sites is 1. The average molecular weight is 359 g/mol. The lowest BCUT2D eigenvalue weighted by atomic mass is 10.3. The minimum atomic E-state index is 0.930. The second kappa shape index (κ2) is 6.21. The number of rotatable bonds is 5. The summed E-state index contributed by atoms with van der Waals surface area (Å²) in [6, 6.07) is 6.07. The van der Waals surface area contributed by atoms with Crippen LogP contribution in [0.3, 0.4) is 0 Å². The first-order valence-electron chi connectivity index (χ1n) is 5.41. The summed E-state index contributed by atoms with van der Waals surface area (Å²) in [6.45, 7) is 1.91. The van der Waals surface area contributed by atoms with E-state index < -0.39 is 0 Å². The van der Waals surface area contributed by atoms with Crippen LogP contribution in [0.25, 0.3) is 0 Å². The van der Waals surface area contributed by atoms with Gasteiger partial charge in [-0.25, -0.2) is 4.98 Å². The Morgan fingerprint density at radius 1 is 1.24 bits per heavy atom. The van der Waals surface area contributed by atoms with Gasteiger partial charge in [0.15, 0.2) is 0 Å². The van der Waals surface area contributed by atoms with Crippen LogP contribution >= 0.6 is 31.9 Å². The van der Waals surface area contributed by atoms with Gasteiger partial charge in [0.05, 0.1) is 12.0 Å². The van der Waals surface area contributed by atoms with E-state index in [1.165, 1.54) is 0 Å². The van der Waals surface area contributed by atoms with Crippen molar-refractivity contribution >= 4 is 37.5 Å². The molecule has 1 aromatic heterocycles. The zero-order valence-electron chi connectivity index (χ0n) is 9.24. The van der Waals surface area contributed by atoms with Crippen molar-refractivity contribution in [3.05, 3.63) is 45.9 Å². The van der Waals surface area contributed by atoms with E-state index >= 15 is 0 Å². The molecule has 90 valence electrons. The molecule has 1 aromatic carbocycles. The summed E-state index contributed by atoms with van der Waals surface area (Å²) < 4.78 is 4.24. The molecule has 0 fully saturated rings. The minimum absolute atomic E-state index is 0.930. The highest BCUT2D eigenvalue weighted by Gasteiger charge is 2.02.